The molecule has 0 spiro atoms. The van der Waals surface area contributed by atoms with Gasteiger partial charge >= 0.3 is 0 Å². The Kier molecular flexibility index (Phi) is 8.15. The summed E-state index contributed by atoms with van der Waals surface area (Å²) in [7, 11) is 3.99. The smallest absolute Gasteiger partial charge is 0.251 e. The van der Waals surface area contributed by atoms with E-state index in [0.717, 1.165) is 29.1 Å². The van der Waals surface area contributed by atoms with Crippen molar-refractivity contribution >= 4 is 23.0 Å². The van der Waals surface area contributed by atoms with Crippen molar-refractivity contribution in [3.8, 4) is 5.75 Å². The lowest BCUT2D eigenvalue weighted by Crippen LogP contribution is -2.25. The molecule has 0 aromatic heterocycles. The van der Waals surface area contributed by atoms with Crippen LogP contribution in [0.1, 0.15) is 15.9 Å². The molecule has 3 rings (SSSR count). The Morgan fingerprint density at radius 3 is 2.09 bits per heavy atom. The zero-order valence-electron chi connectivity index (χ0n) is 18.5. The van der Waals surface area contributed by atoms with Crippen LogP contribution in [0.15, 0.2) is 95.7 Å². The van der Waals surface area contributed by atoms with Crippen LogP contribution in [0.3, 0.4) is 0 Å². The number of benzene rings is 3. The predicted molar refractivity (Wildman–Crippen MR) is 130 cm³/mol. The molecule has 0 saturated carbocycles. The molecular weight excluding hydrogens is 400 g/mol. The number of nitrogens with one attached hydrogen (secondary N) is 1. The second-order valence-corrected chi connectivity index (χ2v) is 7.41. The fraction of sp³-hybridized carbons (Fsp3) is 0.192. The maximum Gasteiger partial charge on any atom is 0.251 e. The summed E-state index contributed by atoms with van der Waals surface area (Å²) in [6.07, 6.45) is 2.45. The van der Waals surface area contributed by atoms with E-state index in [1.54, 1.807) is 30.3 Å². The number of ether oxygens (including phenoxy) is 1. The lowest BCUT2D eigenvalue weighted by atomic mass is 10.1. The van der Waals surface area contributed by atoms with E-state index < -0.39 is 0 Å². The summed E-state index contributed by atoms with van der Waals surface area (Å²) in [6, 6.07) is 22.7. The fourth-order valence-corrected chi connectivity index (χ4v) is 2.94. The van der Waals surface area contributed by atoms with Gasteiger partial charge in [-0.05, 0) is 72.6 Å². The topological polar surface area (TPSA) is 66.3 Å². The molecule has 164 valence electrons. The molecule has 0 aliphatic carbocycles. The van der Waals surface area contributed by atoms with Gasteiger partial charge in [0, 0.05) is 31.9 Å². The number of azo groups is 1. The fourth-order valence-electron chi connectivity index (χ4n) is 2.94. The number of hydrogen-bond acceptors (Lipinski definition) is 5. The Morgan fingerprint density at radius 2 is 1.53 bits per heavy atom. The van der Waals surface area contributed by atoms with E-state index in [1.807, 2.05) is 67.5 Å². The van der Waals surface area contributed by atoms with Gasteiger partial charge in [-0.3, -0.25) is 4.79 Å². The molecule has 0 unspecified atom stereocenters. The Bertz CT molecular complexity index is 1040. The number of amides is 1. The Morgan fingerprint density at radius 1 is 0.938 bits per heavy atom. The highest BCUT2D eigenvalue weighted by Crippen LogP contribution is 2.21. The average molecular weight is 429 g/mol. The zero-order chi connectivity index (χ0) is 22.8. The molecule has 0 heterocycles. The van der Waals surface area contributed by atoms with E-state index in [-0.39, 0.29) is 5.91 Å². The molecule has 0 bridgehead atoms. The van der Waals surface area contributed by atoms with Crippen LogP contribution in [0.25, 0.3) is 0 Å². The monoisotopic (exact) mass is 428 g/mol. The van der Waals surface area contributed by atoms with Crippen LogP contribution in [0, 0.1) is 0 Å². The summed E-state index contributed by atoms with van der Waals surface area (Å²) in [5, 5.41) is 11.4. The van der Waals surface area contributed by atoms with Crippen LogP contribution in [0.2, 0.25) is 0 Å². The van der Waals surface area contributed by atoms with Crippen LogP contribution in [-0.2, 0) is 6.42 Å². The minimum atomic E-state index is -0.112. The summed E-state index contributed by atoms with van der Waals surface area (Å²) in [4.78, 5) is 14.4. The zero-order valence-corrected chi connectivity index (χ0v) is 18.5. The highest BCUT2D eigenvalue weighted by atomic mass is 16.5. The number of hydrogen-bond donors (Lipinski definition) is 1. The van der Waals surface area contributed by atoms with E-state index in [9.17, 15) is 4.79 Å². The van der Waals surface area contributed by atoms with Gasteiger partial charge in [-0.15, -0.1) is 0 Å². The molecule has 6 nitrogen and oxygen atoms in total. The minimum absolute atomic E-state index is 0.112. The Labute approximate surface area is 189 Å². The van der Waals surface area contributed by atoms with Gasteiger partial charge in [0.05, 0.1) is 11.4 Å². The van der Waals surface area contributed by atoms with Crippen LogP contribution < -0.4 is 15.0 Å². The first kappa shape index (κ1) is 22.7. The molecule has 6 heteroatoms. The summed E-state index contributed by atoms with van der Waals surface area (Å²) < 4.78 is 5.47. The normalized spacial score (nSPS) is 10.7. The molecule has 0 aliphatic heterocycles. The summed E-state index contributed by atoms with van der Waals surface area (Å²) in [6.45, 7) is 4.67. The first-order chi connectivity index (χ1) is 15.5. The SMILES string of the molecule is C=CCOc1ccc(CCNC(=O)c2ccc(/N=N/c3ccc(N(C)C)cc3)cc2)cc1. The van der Waals surface area contributed by atoms with Gasteiger partial charge in [-0.2, -0.15) is 10.2 Å². The number of anilines is 1. The van der Waals surface area contributed by atoms with Gasteiger partial charge in [-0.1, -0.05) is 24.8 Å². The molecule has 0 fully saturated rings. The first-order valence-corrected chi connectivity index (χ1v) is 10.4. The van der Waals surface area contributed by atoms with Gasteiger partial charge in [0.25, 0.3) is 5.91 Å². The van der Waals surface area contributed by atoms with Crippen molar-refractivity contribution in [1.82, 2.24) is 5.32 Å². The molecule has 32 heavy (non-hydrogen) atoms. The van der Waals surface area contributed by atoms with Crippen molar-refractivity contribution in [2.75, 3.05) is 32.1 Å². The largest absolute Gasteiger partial charge is 0.490 e. The summed E-state index contributed by atoms with van der Waals surface area (Å²) in [5.41, 5.74) is 4.29. The second kappa shape index (κ2) is 11.5. The van der Waals surface area contributed by atoms with E-state index in [2.05, 4.69) is 22.1 Å². The van der Waals surface area contributed by atoms with E-state index >= 15 is 0 Å². The maximum absolute atomic E-state index is 12.4. The number of rotatable bonds is 10. The molecule has 3 aromatic carbocycles. The van der Waals surface area contributed by atoms with Gasteiger partial charge in [0.2, 0.25) is 0 Å². The van der Waals surface area contributed by atoms with Crippen molar-refractivity contribution in [2.24, 2.45) is 10.2 Å². The molecule has 0 saturated heterocycles. The predicted octanol–water partition coefficient (Wildman–Crippen LogP) is 5.71. The van der Waals surface area contributed by atoms with E-state index in [4.69, 9.17) is 4.74 Å². The Balaban J connectivity index is 1.47. The quantitative estimate of drug-likeness (QED) is 0.332. The highest BCUT2D eigenvalue weighted by Gasteiger charge is 2.05. The number of nitrogens with zero attached hydrogens (tertiary/aromatic N) is 3. The molecule has 0 radical (unpaired) electrons. The third-order valence-corrected chi connectivity index (χ3v) is 4.77. The van der Waals surface area contributed by atoms with Crippen LogP contribution in [0.4, 0.5) is 17.1 Å². The third kappa shape index (κ3) is 6.80. The minimum Gasteiger partial charge on any atom is -0.490 e. The molecule has 3 aromatic rings. The first-order valence-electron chi connectivity index (χ1n) is 10.4. The van der Waals surface area contributed by atoms with Crippen molar-refractivity contribution in [2.45, 2.75) is 6.42 Å². The van der Waals surface area contributed by atoms with Gasteiger partial charge in [0.15, 0.2) is 0 Å². The average Bonchev–Trinajstić information content (AvgIpc) is 2.82. The van der Waals surface area contributed by atoms with Crippen molar-refractivity contribution in [3.63, 3.8) is 0 Å². The number of carbonyl (C=O) groups excluding carboxylic acids is 1. The summed E-state index contributed by atoms with van der Waals surface area (Å²) >= 11 is 0. The highest BCUT2D eigenvalue weighted by molar-refractivity contribution is 5.94. The third-order valence-electron chi connectivity index (χ3n) is 4.77. The van der Waals surface area contributed by atoms with Crippen LogP contribution in [0.5, 0.6) is 5.75 Å². The Hall–Kier alpha value is -3.93. The van der Waals surface area contributed by atoms with E-state index in [0.29, 0.717) is 24.4 Å². The van der Waals surface area contributed by atoms with Crippen molar-refractivity contribution < 1.29 is 9.53 Å². The van der Waals surface area contributed by atoms with Crippen molar-refractivity contribution in [3.05, 3.63) is 96.6 Å². The molecular formula is C26H28N4O2. The molecule has 0 aliphatic rings. The molecule has 0 atom stereocenters. The van der Waals surface area contributed by atoms with Crippen LogP contribution in [-0.4, -0.2) is 33.2 Å². The molecule has 1 amide bonds. The second-order valence-electron chi connectivity index (χ2n) is 7.41. The van der Waals surface area contributed by atoms with Crippen molar-refractivity contribution in [1.29, 1.82) is 0 Å². The standard InChI is InChI=1S/C26H28N4O2/c1-4-19-32-25-15-5-20(6-16-25)17-18-27-26(31)21-7-9-22(10-8-21)28-29-23-11-13-24(14-12-23)30(2)3/h4-16H,1,17-19H2,2-3H3,(H,27,31)/b29-28+. The lowest BCUT2D eigenvalue weighted by molar-refractivity contribution is 0.0954. The molecule has 1 N–H and O–H groups in total. The lowest BCUT2D eigenvalue weighted by Gasteiger charge is -2.11. The number of carbonyl (C=O) groups is 1. The van der Waals surface area contributed by atoms with Gasteiger partial charge in [0.1, 0.15) is 12.4 Å². The maximum atomic E-state index is 12.4. The van der Waals surface area contributed by atoms with Gasteiger partial charge in [-0.25, -0.2) is 0 Å². The summed E-state index contributed by atoms with van der Waals surface area (Å²) in [5.74, 6) is 0.694. The van der Waals surface area contributed by atoms with Gasteiger partial charge < -0.3 is 15.0 Å². The van der Waals surface area contributed by atoms with Crippen LogP contribution >= 0.6 is 0 Å². The van der Waals surface area contributed by atoms with E-state index in [1.165, 1.54) is 0 Å².